The average molecular weight is 253 g/mol. The van der Waals surface area contributed by atoms with Gasteiger partial charge in [0.1, 0.15) is 17.6 Å². The minimum Gasteiger partial charge on any atom is -0.469 e. The predicted molar refractivity (Wildman–Crippen MR) is 66.6 cm³/mol. The topological polar surface area (TPSA) is 68.5 Å². The molecule has 0 aliphatic rings. The van der Waals surface area contributed by atoms with Crippen LogP contribution in [0, 0.1) is 6.92 Å². The summed E-state index contributed by atoms with van der Waals surface area (Å²) in [4.78, 5) is 23.4. The molecule has 1 aromatic heterocycles. The Morgan fingerprint density at radius 3 is 2.44 bits per heavy atom. The quantitative estimate of drug-likeness (QED) is 0.841. The van der Waals surface area contributed by atoms with Gasteiger partial charge in [-0.3, -0.25) is 4.79 Å². The first-order chi connectivity index (χ1) is 8.19. The van der Waals surface area contributed by atoms with Crippen molar-refractivity contribution in [2.75, 3.05) is 0 Å². The third-order valence-corrected chi connectivity index (χ3v) is 2.14. The van der Waals surface area contributed by atoms with Crippen LogP contribution in [0.15, 0.2) is 16.7 Å². The van der Waals surface area contributed by atoms with Crippen LogP contribution in [0.3, 0.4) is 0 Å². The summed E-state index contributed by atoms with van der Waals surface area (Å²) in [6.07, 6.45) is 0.772. The molecule has 1 atom stereocenters. The number of nitrogens with one attached hydrogen (secondary N) is 1. The summed E-state index contributed by atoms with van der Waals surface area (Å²) < 4.78 is 10.1. The van der Waals surface area contributed by atoms with Crippen molar-refractivity contribution in [1.29, 1.82) is 0 Å². The Balaban J connectivity index is 2.58. The van der Waals surface area contributed by atoms with Gasteiger partial charge in [-0.15, -0.1) is 0 Å². The maximum atomic E-state index is 11.9. The fourth-order valence-electron chi connectivity index (χ4n) is 1.37. The van der Waals surface area contributed by atoms with Crippen LogP contribution in [-0.4, -0.2) is 23.5 Å². The molecular formula is C13H19NO4. The van der Waals surface area contributed by atoms with E-state index >= 15 is 0 Å². The van der Waals surface area contributed by atoms with Gasteiger partial charge in [0.15, 0.2) is 5.78 Å². The van der Waals surface area contributed by atoms with Crippen molar-refractivity contribution in [3.05, 3.63) is 23.7 Å². The average Bonchev–Trinajstić information content (AvgIpc) is 2.60. The number of aryl methyl sites for hydroxylation is 1. The summed E-state index contributed by atoms with van der Waals surface area (Å²) in [5.74, 6) is 0.445. The molecule has 1 N–H and O–H groups in total. The van der Waals surface area contributed by atoms with Crippen LogP contribution >= 0.6 is 0 Å². The molecular weight excluding hydrogens is 234 g/mol. The molecule has 1 rings (SSSR count). The Hall–Kier alpha value is -1.78. The molecule has 0 saturated carbocycles. The Morgan fingerprint density at radius 2 is 2.00 bits per heavy atom. The number of carbonyl (C=O) groups is 2. The molecule has 5 heteroatoms. The Labute approximate surface area is 106 Å². The number of amides is 1. The highest BCUT2D eigenvalue weighted by atomic mass is 16.6. The molecule has 0 spiro atoms. The van der Waals surface area contributed by atoms with Crippen molar-refractivity contribution in [2.24, 2.45) is 0 Å². The first kappa shape index (κ1) is 14.3. The zero-order chi connectivity index (χ0) is 13.9. The highest BCUT2D eigenvalue weighted by Gasteiger charge is 2.22. The molecule has 0 aliphatic heterocycles. The summed E-state index contributed by atoms with van der Waals surface area (Å²) in [6.45, 7) is 8.65. The van der Waals surface area contributed by atoms with Gasteiger partial charge in [-0.1, -0.05) is 0 Å². The molecule has 0 saturated heterocycles. The number of Topliss-reactive ketones (excluding diaryl/α,β-unsaturated/α-hetero) is 1. The van der Waals surface area contributed by atoms with Crippen molar-refractivity contribution in [3.8, 4) is 0 Å². The van der Waals surface area contributed by atoms with E-state index in [9.17, 15) is 9.59 Å². The Bertz CT molecular complexity index is 442. The third kappa shape index (κ3) is 4.24. The van der Waals surface area contributed by atoms with Gasteiger partial charge in [0.2, 0.25) is 0 Å². The summed E-state index contributed by atoms with van der Waals surface area (Å²) in [7, 11) is 0. The van der Waals surface area contributed by atoms with Crippen molar-refractivity contribution in [1.82, 2.24) is 5.32 Å². The number of rotatable bonds is 3. The second-order valence-electron chi connectivity index (χ2n) is 5.18. The van der Waals surface area contributed by atoms with Crippen LogP contribution in [-0.2, 0) is 4.74 Å². The molecule has 18 heavy (non-hydrogen) atoms. The lowest BCUT2D eigenvalue weighted by Gasteiger charge is -2.21. The van der Waals surface area contributed by atoms with Gasteiger partial charge in [0, 0.05) is 0 Å². The molecule has 100 valence electrons. The van der Waals surface area contributed by atoms with E-state index < -0.39 is 17.7 Å². The number of carbonyl (C=O) groups excluding carboxylic acids is 2. The minimum absolute atomic E-state index is 0.210. The summed E-state index contributed by atoms with van der Waals surface area (Å²) in [5.41, 5.74) is -0.143. The lowest BCUT2D eigenvalue weighted by Crippen LogP contribution is -2.41. The molecule has 5 nitrogen and oxygen atoms in total. The fraction of sp³-hybridized carbons (Fsp3) is 0.538. The van der Waals surface area contributed by atoms with E-state index in [1.54, 1.807) is 40.7 Å². The minimum atomic E-state index is -0.656. The van der Waals surface area contributed by atoms with Gasteiger partial charge in [-0.2, -0.15) is 0 Å². The highest BCUT2D eigenvalue weighted by molar-refractivity contribution is 6.01. The highest BCUT2D eigenvalue weighted by Crippen LogP contribution is 2.10. The second kappa shape index (κ2) is 5.25. The van der Waals surface area contributed by atoms with Gasteiger partial charge in [-0.05, 0) is 40.7 Å². The monoisotopic (exact) mass is 253 g/mol. The summed E-state index contributed by atoms with van der Waals surface area (Å²) in [5, 5.41) is 2.49. The standard InChI is InChI=1S/C13H19NO4/c1-8-6-10(7-17-8)11(15)9(2)14-12(16)18-13(3,4)5/h6-7,9H,1-5H3,(H,14,16)/t9-/m0/s1. The first-order valence-corrected chi connectivity index (χ1v) is 5.78. The van der Waals surface area contributed by atoms with Crippen molar-refractivity contribution >= 4 is 11.9 Å². The molecule has 1 aromatic rings. The molecule has 0 aromatic carbocycles. The Morgan fingerprint density at radius 1 is 1.39 bits per heavy atom. The maximum absolute atomic E-state index is 11.9. The van der Waals surface area contributed by atoms with Gasteiger partial charge < -0.3 is 14.5 Å². The van der Waals surface area contributed by atoms with Crippen LogP contribution in [0.25, 0.3) is 0 Å². The number of furan rings is 1. The van der Waals surface area contributed by atoms with Crippen LogP contribution in [0.1, 0.15) is 43.8 Å². The largest absolute Gasteiger partial charge is 0.469 e. The van der Waals surface area contributed by atoms with Crippen molar-refractivity contribution < 1.29 is 18.7 Å². The fourth-order valence-corrected chi connectivity index (χ4v) is 1.37. The molecule has 1 heterocycles. The summed E-state index contributed by atoms with van der Waals surface area (Å²) >= 11 is 0. The van der Waals surface area contributed by atoms with E-state index in [1.807, 2.05) is 0 Å². The molecule has 0 aliphatic carbocycles. The smallest absolute Gasteiger partial charge is 0.408 e. The molecule has 0 fully saturated rings. The zero-order valence-electron chi connectivity index (χ0n) is 11.4. The maximum Gasteiger partial charge on any atom is 0.408 e. The molecule has 0 unspecified atom stereocenters. The van der Waals surface area contributed by atoms with Crippen LogP contribution < -0.4 is 5.32 Å². The lowest BCUT2D eigenvalue weighted by molar-refractivity contribution is 0.0496. The summed E-state index contributed by atoms with van der Waals surface area (Å²) in [6, 6.07) is 0.979. The van der Waals surface area contributed by atoms with E-state index in [0.717, 1.165) is 0 Å². The lowest BCUT2D eigenvalue weighted by atomic mass is 10.1. The number of hydrogen-bond donors (Lipinski definition) is 1. The van der Waals surface area contributed by atoms with Crippen LogP contribution in [0.4, 0.5) is 4.79 Å². The molecule has 0 bridgehead atoms. The van der Waals surface area contributed by atoms with Gasteiger partial charge in [0.05, 0.1) is 11.6 Å². The van der Waals surface area contributed by atoms with Crippen molar-refractivity contribution in [2.45, 2.75) is 46.3 Å². The van der Waals surface area contributed by atoms with E-state index in [2.05, 4.69) is 5.32 Å². The van der Waals surface area contributed by atoms with E-state index in [-0.39, 0.29) is 5.78 Å². The SMILES string of the molecule is Cc1cc(C(=O)[C@H](C)NC(=O)OC(C)(C)C)co1. The normalized spacial score (nSPS) is 12.9. The number of ether oxygens (including phenoxy) is 1. The third-order valence-electron chi connectivity index (χ3n) is 2.14. The first-order valence-electron chi connectivity index (χ1n) is 5.78. The van der Waals surface area contributed by atoms with E-state index in [4.69, 9.17) is 9.15 Å². The molecule has 0 radical (unpaired) electrons. The Kier molecular flexibility index (Phi) is 4.16. The molecule has 1 amide bonds. The number of alkyl carbamates (subject to hydrolysis) is 1. The number of hydrogen-bond acceptors (Lipinski definition) is 4. The van der Waals surface area contributed by atoms with E-state index in [0.29, 0.717) is 11.3 Å². The number of ketones is 1. The van der Waals surface area contributed by atoms with Gasteiger partial charge >= 0.3 is 6.09 Å². The van der Waals surface area contributed by atoms with Gasteiger partial charge in [0.25, 0.3) is 0 Å². The van der Waals surface area contributed by atoms with Crippen LogP contribution in [0.5, 0.6) is 0 Å². The second-order valence-corrected chi connectivity index (χ2v) is 5.18. The van der Waals surface area contributed by atoms with E-state index in [1.165, 1.54) is 6.26 Å². The predicted octanol–water partition coefficient (Wildman–Crippen LogP) is 2.68. The van der Waals surface area contributed by atoms with Gasteiger partial charge in [-0.25, -0.2) is 4.79 Å². The zero-order valence-corrected chi connectivity index (χ0v) is 11.4. The van der Waals surface area contributed by atoms with Crippen molar-refractivity contribution in [3.63, 3.8) is 0 Å². The van der Waals surface area contributed by atoms with Crippen LogP contribution in [0.2, 0.25) is 0 Å².